The molecule has 0 radical (unpaired) electrons. The van der Waals surface area contributed by atoms with Gasteiger partial charge >= 0.3 is 0 Å². The minimum atomic E-state index is -2.77. The van der Waals surface area contributed by atoms with Crippen molar-refractivity contribution >= 4 is 9.84 Å². The predicted molar refractivity (Wildman–Crippen MR) is 85.9 cm³/mol. The highest BCUT2D eigenvalue weighted by atomic mass is 32.2. The molecule has 0 aromatic heterocycles. The van der Waals surface area contributed by atoms with Gasteiger partial charge in [0.15, 0.2) is 9.84 Å². The van der Waals surface area contributed by atoms with E-state index in [4.69, 9.17) is 0 Å². The summed E-state index contributed by atoms with van der Waals surface area (Å²) in [6, 6.07) is 0.191. The van der Waals surface area contributed by atoms with Gasteiger partial charge in [0.2, 0.25) is 0 Å². The first kappa shape index (κ1) is 17.9. The van der Waals surface area contributed by atoms with Gasteiger partial charge in [-0.3, -0.25) is 4.90 Å². The van der Waals surface area contributed by atoms with Crippen LogP contribution in [0.3, 0.4) is 0 Å². The highest BCUT2D eigenvalue weighted by molar-refractivity contribution is 7.91. The molecule has 0 aromatic rings. The number of nitrogens with zero attached hydrogens (tertiary/aromatic N) is 1. The first-order chi connectivity index (χ1) is 9.20. The topological polar surface area (TPSA) is 49.4 Å². The molecule has 0 bridgehead atoms. The van der Waals surface area contributed by atoms with Crippen LogP contribution in [0.2, 0.25) is 0 Å². The maximum atomic E-state index is 11.5. The molecule has 1 aliphatic rings. The van der Waals surface area contributed by atoms with E-state index in [0.29, 0.717) is 11.5 Å². The summed E-state index contributed by atoms with van der Waals surface area (Å²) in [6.45, 7) is 11.5. The molecule has 1 unspecified atom stereocenters. The molecular weight excluding hydrogens is 272 g/mol. The highest BCUT2D eigenvalue weighted by Crippen LogP contribution is 2.13. The Morgan fingerprint density at radius 3 is 2.40 bits per heavy atom. The zero-order valence-corrected chi connectivity index (χ0v) is 14.4. The van der Waals surface area contributed by atoms with E-state index in [1.165, 1.54) is 25.7 Å². The Kier molecular flexibility index (Phi) is 6.95. The van der Waals surface area contributed by atoms with Crippen LogP contribution in [0, 0.1) is 0 Å². The molecule has 1 heterocycles. The van der Waals surface area contributed by atoms with Crippen LogP contribution >= 0.6 is 0 Å². The normalized spacial score (nSPS) is 23.9. The molecule has 1 N–H and O–H groups in total. The molecule has 0 spiro atoms. The van der Waals surface area contributed by atoms with Crippen molar-refractivity contribution in [1.82, 2.24) is 10.2 Å². The Morgan fingerprint density at radius 1 is 1.15 bits per heavy atom. The van der Waals surface area contributed by atoms with Crippen molar-refractivity contribution in [3.05, 3.63) is 0 Å². The summed E-state index contributed by atoms with van der Waals surface area (Å²) in [6.07, 6.45) is 4.90. The van der Waals surface area contributed by atoms with Gasteiger partial charge in [0.1, 0.15) is 0 Å². The van der Waals surface area contributed by atoms with Crippen LogP contribution in [0.5, 0.6) is 0 Å². The van der Waals surface area contributed by atoms with Crippen molar-refractivity contribution < 1.29 is 8.42 Å². The van der Waals surface area contributed by atoms with Crippen LogP contribution in [0.1, 0.15) is 53.4 Å². The van der Waals surface area contributed by atoms with E-state index in [0.717, 1.165) is 19.6 Å². The molecule has 5 heteroatoms. The fourth-order valence-corrected chi connectivity index (χ4v) is 4.25. The second-order valence-corrected chi connectivity index (χ2v) is 9.32. The summed E-state index contributed by atoms with van der Waals surface area (Å²) in [4.78, 5) is 2.33. The van der Waals surface area contributed by atoms with Crippen LogP contribution < -0.4 is 5.32 Å². The average Bonchev–Trinajstić information content (AvgIpc) is 2.28. The Hall–Kier alpha value is -0.130. The third-order valence-corrected chi connectivity index (χ3v) is 5.63. The number of unbranched alkanes of at least 4 members (excludes halogenated alkanes) is 3. The summed E-state index contributed by atoms with van der Waals surface area (Å²) in [5.41, 5.74) is 0.217. The highest BCUT2D eigenvalue weighted by Gasteiger charge is 2.27. The summed E-state index contributed by atoms with van der Waals surface area (Å²) in [5.74, 6) is 0.676. The van der Waals surface area contributed by atoms with Crippen LogP contribution in [-0.2, 0) is 9.84 Å². The quantitative estimate of drug-likeness (QED) is 0.731. The minimum absolute atomic E-state index is 0.191. The van der Waals surface area contributed by atoms with E-state index >= 15 is 0 Å². The van der Waals surface area contributed by atoms with Gasteiger partial charge in [0.05, 0.1) is 11.5 Å². The zero-order valence-electron chi connectivity index (χ0n) is 13.6. The number of nitrogens with one attached hydrogen (secondary N) is 1. The lowest BCUT2D eigenvalue weighted by Gasteiger charge is -2.33. The van der Waals surface area contributed by atoms with E-state index in [1.807, 2.05) is 6.92 Å². The number of hydrogen-bond donors (Lipinski definition) is 1. The lowest BCUT2D eigenvalue weighted by atomic mass is 10.1. The minimum Gasteiger partial charge on any atom is -0.312 e. The third kappa shape index (κ3) is 7.60. The average molecular weight is 304 g/mol. The van der Waals surface area contributed by atoms with Crippen molar-refractivity contribution in [2.45, 2.75) is 65.0 Å². The summed E-state index contributed by atoms with van der Waals surface area (Å²) in [7, 11) is -2.77. The smallest absolute Gasteiger partial charge is 0.153 e. The van der Waals surface area contributed by atoms with E-state index in [9.17, 15) is 8.42 Å². The molecule has 1 saturated heterocycles. The van der Waals surface area contributed by atoms with Crippen molar-refractivity contribution in [3.63, 3.8) is 0 Å². The maximum absolute atomic E-state index is 11.5. The second kappa shape index (κ2) is 7.76. The van der Waals surface area contributed by atoms with Crippen molar-refractivity contribution in [1.29, 1.82) is 0 Å². The first-order valence-corrected chi connectivity index (χ1v) is 9.71. The lowest BCUT2D eigenvalue weighted by Crippen LogP contribution is -2.47. The Morgan fingerprint density at radius 2 is 1.80 bits per heavy atom. The van der Waals surface area contributed by atoms with Crippen LogP contribution in [-0.4, -0.2) is 56.0 Å². The SMILES string of the molecule is CC1CS(=O)(=O)CCN1CCCCCCNC(C)(C)C. The monoisotopic (exact) mass is 304 g/mol. The fourth-order valence-electron chi connectivity index (χ4n) is 2.62. The van der Waals surface area contributed by atoms with Crippen molar-refractivity contribution in [2.75, 3.05) is 31.1 Å². The zero-order chi connectivity index (χ0) is 15.2. The number of hydrogen-bond acceptors (Lipinski definition) is 4. The molecule has 0 aliphatic carbocycles. The molecule has 0 amide bonds. The molecule has 1 fully saturated rings. The van der Waals surface area contributed by atoms with Crippen LogP contribution in [0.25, 0.3) is 0 Å². The Bertz CT molecular complexity index is 374. The Labute approximate surface area is 125 Å². The van der Waals surface area contributed by atoms with E-state index in [2.05, 4.69) is 31.0 Å². The molecule has 4 nitrogen and oxygen atoms in total. The first-order valence-electron chi connectivity index (χ1n) is 7.89. The van der Waals surface area contributed by atoms with Gasteiger partial charge in [-0.05, 0) is 53.6 Å². The molecule has 1 atom stereocenters. The standard InChI is InChI=1S/C15H32N2O2S/c1-14-13-20(18,19)12-11-17(14)10-8-6-5-7-9-16-15(2,3)4/h14,16H,5-13H2,1-4H3. The molecule has 20 heavy (non-hydrogen) atoms. The summed E-state index contributed by atoms with van der Waals surface area (Å²) in [5, 5.41) is 3.50. The van der Waals surface area contributed by atoms with Gasteiger partial charge in [-0.25, -0.2) is 8.42 Å². The molecular formula is C15H32N2O2S. The molecule has 1 rings (SSSR count). The van der Waals surface area contributed by atoms with Gasteiger partial charge in [-0.15, -0.1) is 0 Å². The number of rotatable bonds is 7. The predicted octanol–water partition coefficient (Wildman–Crippen LogP) is 2.05. The van der Waals surface area contributed by atoms with E-state index in [-0.39, 0.29) is 11.6 Å². The second-order valence-electron chi connectivity index (χ2n) is 7.09. The summed E-state index contributed by atoms with van der Waals surface area (Å²) < 4.78 is 23.0. The largest absolute Gasteiger partial charge is 0.312 e. The maximum Gasteiger partial charge on any atom is 0.153 e. The fraction of sp³-hybridized carbons (Fsp3) is 1.00. The molecule has 0 aromatic carbocycles. The molecule has 0 saturated carbocycles. The van der Waals surface area contributed by atoms with E-state index < -0.39 is 9.84 Å². The van der Waals surface area contributed by atoms with Gasteiger partial charge < -0.3 is 5.32 Å². The van der Waals surface area contributed by atoms with Gasteiger partial charge in [-0.2, -0.15) is 0 Å². The van der Waals surface area contributed by atoms with Gasteiger partial charge in [-0.1, -0.05) is 12.8 Å². The molecule has 120 valence electrons. The van der Waals surface area contributed by atoms with Crippen LogP contribution in [0.4, 0.5) is 0 Å². The van der Waals surface area contributed by atoms with Crippen LogP contribution in [0.15, 0.2) is 0 Å². The summed E-state index contributed by atoms with van der Waals surface area (Å²) >= 11 is 0. The Balaban J connectivity index is 2.05. The number of sulfone groups is 1. The van der Waals surface area contributed by atoms with Gasteiger partial charge in [0.25, 0.3) is 0 Å². The third-order valence-electron chi connectivity index (χ3n) is 3.84. The molecule has 1 aliphatic heterocycles. The van der Waals surface area contributed by atoms with Gasteiger partial charge in [0, 0.05) is 18.1 Å². The van der Waals surface area contributed by atoms with Crippen molar-refractivity contribution in [3.8, 4) is 0 Å². The van der Waals surface area contributed by atoms with E-state index in [1.54, 1.807) is 0 Å². The lowest BCUT2D eigenvalue weighted by molar-refractivity contribution is 0.221. The van der Waals surface area contributed by atoms with Crippen molar-refractivity contribution in [2.24, 2.45) is 0 Å².